The van der Waals surface area contributed by atoms with Gasteiger partial charge in [-0.25, -0.2) is 0 Å². The van der Waals surface area contributed by atoms with Crippen molar-refractivity contribution in [2.75, 3.05) is 0 Å². The number of hydrogen-bond donors (Lipinski definition) is 1. The van der Waals surface area contributed by atoms with Crippen LogP contribution in [0.4, 0.5) is 0 Å². The first kappa shape index (κ1) is 11.2. The Labute approximate surface area is 83.2 Å². The Kier molecular flexibility index (Phi) is 3.63. The number of carboxylic acids is 1. The van der Waals surface area contributed by atoms with Crippen LogP contribution < -0.4 is 0 Å². The molecular formula is C10H16O4. The van der Waals surface area contributed by atoms with Crippen LogP contribution in [0.3, 0.4) is 0 Å². The zero-order valence-electron chi connectivity index (χ0n) is 8.53. The van der Waals surface area contributed by atoms with Crippen molar-refractivity contribution in [2.45, 2.75) is 45.3 Å². The van der Waals surface area contributed by atoms with Gasteiger partial charge in [-0.1, -0.05) is 6.92 Å². The quantitative estimate of drug-likeness (QED) is 0.741. The molecule has 0 amide bonds. The molecule has 0 radical (unpaired) electrons. The molecule has 4 heteroatoms. The normalized spacial score (nSPS) is 28.7. The highest BCUT2D eigenvalue weighted by atomic mass is 16.5. The topological polar surface area (TPSA) is 63.6 Å². The van der Waals surface area contributed by atoms with Crippen molar-refractivity contribution in [3.8, 4) is 0 Å². The highest BCUT2D eigenvalue weighted by Gasteiger charge is 2.31. The Balaban J connectivity index is 2.44. The smallest absolute Gasteiger partial charge is 0.304 e. The number of carbonyl (C=O) groups excluding carboxylic acids is 1. The molecule has 1 aliphatic rings. The average Bonchev–Trinajstić information content (AvgIpc) is 2.49. The molecule has 0 bridgehead atoms. The van der Waals surface area contributed by atoms with Crippen LogP contribution in [-0.2, 0) is 14.3 Å². The van der Waals surface area contributed by atoms with Crippen molar-refractivity contribution in [3.05, 3.63) is 0 Å². The Hall–Kier alpha value is -0.900. The molecule has 1 saturated heterocycles. The monoisotopic (exact) mass is 200 g/mol. The van der Waals surface area contributed by atoms with Crippen molar-refractivity contribution in [1.82, 2.24) is 0 Å². The summed E-state index contributed by atoms with van der Waals surface area (Å²) in [6.45, 7) is 3.57. The van der Waals surface area contributed by atoms with Crippen LogP contribution in [0.1, 0.15) is 33.1 Å². The van der Waals surface area contributed by atoms with Crippen molar-refractivity contribution < 1.29 is 19.4 Å². The maximum Gasteiger partial charge on any atom is 0.304 e. The van der Waals surface area contributed by atoms with Crippen molar-refractivity contribution in [2.24, 2.45) is 5.92 Å². The van der Waals surface area contributed by atoms with Gasteiger partial charge in [0, 0.05) is 5.92 Å². The maximum atomic E-state index is 11.6. The lowest BCUT2D eigenvalue weighted by molar-refractivity contribution is -0.143. The summed E-state index contributed by atoms with van der Waals surface area (Å²) in [5.74, 6) is -1.45. The average molecular weight is 200 g/mol. The number of ketones is 1. The van der Waals surface area contributed by atoms with E-state index in [1.54, 1.807) is 6.92 Å². The van der Waals surface area contributed by atoms with Crippen molar-refractivity contribution in [1.29, 1.82) is 0 Å². The van der Waals surface area contributed by atoms with E-state index in [0.29, 0.717) is 0 Å². The lowest BCUT2D eigenvalue weighted by atomic mass is 9.97. The molecule has 3 atom stereocenters. The van der Waals surface area contributed by atoms with Crippen LogP contribution in [0.15, 0.2) is 0 Å². The number of aliphatic carboxylic acids is 1. The van der Waals surface area contributed by atoms with E-state index in [4.69, 9.17) is 9.84 Å². The molecule has 1 fully saturated rings. The molecule has 0 aromatic carbocycles. The predicted molar refractivity (Wildman–Crippen MR) is 50.0 cm³/mol. The fourth-order valence-corrected chi connectivity index (χ4v) is 1.69. The van der Waals surface area contributed by atoms with E-state index in [2.05, 4.69) is 0 Å². The van der Waals surface area contributed by atoms with E-state index in [1.807, 2.05) is 6.92 Å². The van der Waals surface area contributed by atoms with Gasteiger partial charge < -0.3 is 9.84 Å². The summed E-state index contributed by atoms with van der Waals surface area (Å²) in [4.78, 5) is 22.0. The predicted octanol–water partition coefficient (Wildman–Crippen LogP) is 1.23. The number of Topliss-reactive ketones (excluding diaryl/α,β-unsaturated/α-hetero) is 1. The summed E-state index contributed by atoms with van der Waals surface area (Å²) < 4.78 is 5.38. The van der Waals surface area contributed by atoms with Gasteiger partial charge in [-0.2, -0.15) is 0 Å². The highest BCUT2D eigenvalue weighted by molar-refractivity contribution is 5.88. The number of carbonyl (C=O) groups is 2. The minimum absolute atomic E-state index is 0.0725. The van der Waals surface area contributed by atoms with Gasteiger partial charge in [-0.05, 0) is 19.8 Å². The molecule has 80 valence electrons. The van der Waals surface area contributed by atoms with E-state index in [-0.39, 0.29) is 24.4 Å². The van der Waals surface area contributed by atoms with E-state index in [1.165, 1.54) is 0 Å². The molecule has 4 nitrogen and oxygen atoms in total. The fourth-order valence-electron chi connectivity index (χ4n) is 1.69. The number of ether oxygens (including phenoxy) is 1. The molecule has 3 unspecified atom stereocenters. The summed E-state index contributed by atoms with van der Waals surface area (Å²) >= 11 is 0. The molecule has 1 N–H and O–H groups in total. The van der Waals surface area contributed by atoms with Crippen molar-refractivity contribution >= 4 is 11.8 Å². The third-order valence-electron chi connectivity index (χ3n) is 2.52. The molecule has 14 heavy (non-hydrogen) atoms. The molecular weight excluding hydrogens is 184 g/mol. The van der Waals surface area contributed by atoms with Gasteiger partial charge in [0.25, 0.3) is 0 Å². The Morgan fingerprint density at radius 2 is 2.14 bits per heavy atom. The first-order valence-corrected chi connectivity index (χ1v) is 4.91. The first-order valence-electron chi connectivity index (χ1n) is 4.91. The molecule has 0 aromatic heterocycles. The van der Waals surface area contributed by atoms with Gasteiger partial charge >= 0.3 is 5.97 Å². The van der Waals surface area contributed by atoms with Gasteiger partial charge in [0.05, 0.1) is 12.5 Å². The van der Waals surface area contributed by atoms with Crippen molar-refractivity contribution in [3.63, 3.8) is 0 Å². The van der Waals surface area contributed by atoms with E-state index in [9.17, 15) is 9.59 Å². The zero-order valence-corrected chi connectivity index (χ0v) is 8.53. The second kappa shape index (κ2) is 4.55. The van der Waals surface area contributed by atoms with Crippen LogP contribution in [0.2, 0.25) is 0 Å². The van der Waals surface area contributed by atoms with Crippen LogP contribution in [0, 0.1) is 5.92 Å². The van der Waals surface area contributed by atoms with Gasteiger partial charge in [0.15, 0.2) is 5.78 Å². The summed E-state index contributed by atoms with van der Waals surface area (Å²) in [6, 6.07) is 0. The standard InChI is InChI=1S/C10H16O4/c1-6(5-9(11)12)10(13)8-4-3-7(2)14-8/h6-8H,3-5H2,1-2H3,(H,11,12). The first-order chi connectivity index (χ1) is 6.50. The van der Waals surface area contributed by atoms with Crippen LogP contribution in [-0.4, -0.2) is 29.1 Å². The molecule has 0 aromatic rings. The Morgan fingerprint density at radius 1 is 1.50 bits per heavy atom. The van der Waals surface area contributed by atoms with Crippen LogP contribution in [0.25, 0.3) is 0 Å². The second-order valence-corrected chi connectivity index (χ2v) is 3.91. The molecule has 0 saturated carbocycles. The largest absolute Gasteiger partial charge is 0.481 e. The van der Waals surface area contributed by atoms with Gasteiger partial charge in [-0.15, -0.1) is 0 Å². The molecule has 0 spiro atoms. The van der Waals surface area contributed by atoms with E-state index < -0.39 is 11.9 Å². The fraction of sp³-hybridized carbons (Fsp3) is 0.800. The third kappa shape index (κ3) is 2.80. The van der Waals surface area contributed by atoms with Gasteiger partial charge in [0.2, 0.25) is 0 Å². The van der Waals surface area contributed by atoms with Crippen LogP contribution in [0.5, 0.6) is 0 Å². The number of carboxylic acid groups (broad SMARTS) is 1. The maximum absolute atomic E-state index is 11.6. The summed E-state index contributed by atoms with van der Waals surface area (Å²) in [7, 11) is 0. The molecule has 1 heterocycles. The van der Waals surface area contributed by atoms with E-state index in [0.717, 1.165) is 12.8 Å². The lowest BCUT2D eigenvalue weighted by Gasteiger charge is -2.13. The minimum atomic E-state index is -0.933. The van der Waals surface area contributed by atoms with Crippen LogP contribution >= 0.6 is 0 Å². The Bertz CT molecular complexity index is 236. The van der Waals surface area contributed by atoms with Gasteiger partial charge in [-0.3, -0.25) is 9.59 Å². The number of rotatable bonds is 4. The SMILES string of the molecule is CC1CCC(C(=O)C(C)CC(=O)O)O1. The third-order valence-corrected chi connectivity index (χ3v) is 2.52. The molecule has 1 aliphatic heterocycles. The summed E-state index contributed by atoms with van der Waals surface area (Å²) in [5, 5.41) is 8.53. The zero-order chi connectivity index (χ0) is 10.7. The van der Waals surface area contributed by atoms with E-state index >= 15 is 0 Å². The Morgan fingerprint density at radius 3 is 2.57 bits per heavy atom. The molecule has 0 aliphatic carbocycles. The summed E-state index contributed by atoms with van der Waals surface area (Å²) in [5.41, 5.74) is 0. The second-order valence-electron chi connectivity index (χ2n) is 3.91. The van der Waals surface area contributed by atoms with Gasteiger partial charge in [0.1, 0.15) is 6.10 Å². The summed E-state index contributed by atoms with van der Waals surface area (Å²) in [6.07, 6.45) is 1.26. The molecule has 1 rings (SSSR count). The lowest BCUT2D eigenvalue weighted by Crippen LogP contribution is -2.28. The minimum Gasteiger partial charge on any atom is -0.481 e. The number of hydrogen-bond acceptors (Lipinski definition) is 3. The highest BCUT2D eigenvalue weighted by Crippen LogP contribution is 2.23.